The van der Waals surface area contributed by atoms with E-state index >= 15 is 0 Å². The Bertz CT molecular complexity index is 839. The molecule has 0 aliphatic carbocycles. The Morgan fingerprint density at radius 2 is 1.92 bits per heavy atom. The number of carbonyl (C=O) groups excluding carboxylic acids is 1. The van der Waals surface area contributed by atoms with Gasteiger partial charge in [0.2, 0.25) is 0 Å². The monoisotopic (exact) mass is 349 g/mol. The molecule has 0 radical (unpaired) electrons. The van der Waals surface area contributed by atoms with Gasteiger partial charge in [-0.2, -0.15) is 0 Å². The summed E-state index contributed by atoms with van der Waals surface area (Å²) in [6.45, 7) is 7.11. The third kappa shape index (κ3) is 4.95. The molecule has 7 nitrogen and oxygen atoms in total. The van der Waals surface area contributed by atoms with Crippen molar-refractivity contribution in [3.05, 3.63) is 40.2 Å². The van der Waals surface area contributed by atoms with Gasteiger partial charge in [-0.15, -0.1) is 0 Å². The van der Waals surface area contributed by atoms with Crippen LogP contribution in [0.2, 0.25) is 0 Å². The van der Waals surface area contributed by atoms with Crippen molar-refractivity contribution in [2.24, 2.45) is 0 Å². The maximum absolute atomic E-state index is 11.5. The van der Waals surface area contributed by atoms with Crippen molar-refractivity contribution in [1.82, 2.24) is 10.9 Å². The summed E-state index contributed by atoms with van der Waals surface area (Å²) in [4.78, 5) is 23.0. The summed E-state index contributed by atoms with van der Waals surface area (Å²) < 4.78 is 10.2. The van der Waals surface area contributed by atoms with E-state index in [1.165, 1.54) is 6.07 Å². The van der Waals surface area contributed by atoms with Gasteiger partial charge in [-0.1, -0.05) is 0 Å². The Kier molecular flexibility index (Phi) is 5.08. The molecule has 128 valence electrons. The van der Waals surface area contributed by atoms with Crippen molar-refractivity contribution in [3.8, 4) is 0 Å². The maximum atomic E-state index is 11.5. The van der Waals surface area contributed by atoms with E-state index in [1.807, 2.05) is 13.0 Å². The zero-order chi connectivity index (χ0) is 17.9. The first-order valence-corrected chi connectivity index (χ1v) is 7.65. The molecule has 1 aromatic heterocycles. The Labute approximate surface area is 144 Å². The summed E-state index contributed by atoms with van der Waals surface area (Å²) in [5.74, 6) is 0. The number of nitrogens with one attached hydrogen (secondary N) is 3. The number of aryl methyl sites for hydroxylation is 1. The van der Waals surface area contributed by atoms with Gasteiger partial charge in [0.15, 0.2) is 5.11 Å². The molecule has 1 amide bonds. The van der Waals surface area contributed by atoms with Gasteiger partial charge in [-0.3, -0.25) is 5.43 Å². The highest BCUT2D eigenvalue weighted by Gasteiger charge is 2.16. The van der Waals surface area contributed by atoms with E-state index in [4.69, 9.17) is 21.4 Å². The van der Waals surface area contributed by atoms with Crippen LogP contribution >= 0.6 is 12.2 Å². The summed E-state index contributed by atoms with van der Waals surface area (Å²) in [6.07, 6.45) is -0.646. The molecule has 0 aliphatic heterocycles. The molecule has 2 aromatic rings. The van der Waals surface area contributed by atoms with E-state index in [0.29, 0.717) is 11.3 Å². The number of amides is 1. The number of ether oxygens (including phenoxy) is 1. The van der Waals surface area contributed by atoms with Gasteiger partial charge in [0, 0.05) is 23.2 Å². The number of hydrazine groups is 1. The SMILES string of the molecule is Cc1cc(=O)oc2cc(NC(=S)NNC(=O)OC(C)(C)C)ccc12. The van der Waals surface area contributed by atoms with Crippen molar-refractivity contribution in [3.63, 3.8) is 0 Å². The minimum atomic E-state index is -0.646. The van der Waals surface area contributed by atoms with E-state index in [2.05, 4.69) is 16.2 Å². The lowest BCUT2D eigenvalue weighted by Crippen LogP contribution is -2.45. The molecule has 0 bridgehead atoms. The van der Waals surface area contributed by atoms with Gasteiger partial charge in [-0.25, -0.2) is 15.0 Å². The highest BCUT2D eigenvalue weighted by molar-refractivity contribution is 7.80. The minimum absolute atomic E-state index is 0.162. The molecule has 2 rings (SSSR count). The molecular formula is C16H19N3O4S. The van der Waals surface area contributed by atoms with Crippen molar-refractivity contribution >= 4 is 40.1 Å². The average molecular weight is 349 g/mol. The standard InChI is InChI=1S/C16H19N3O4S/c1-9-7-13(20)22-12-8-10(5-6-11(9)12)17-14(24)18-19-15(21)23-16(2,3)4/h5-8H,1-4H3,(H,19,21)(H2,17,18,24). The second-order valence-electron chi connectivity index (χ2n) is 6.17. The van der Waals surface area contributed by atoms with Crippen LogP contribution in [0.5, 0.6) is 0 Å². The van der Waals surface area contributed by atoms with Crippen LogP contribution in [0.1, 0.15) is 26.3 Å². The van der Waals surface area contributed by atoms with Crippen molar-refractivity contribution in [2.45, 2.75) is 33.3 Å². The van der Waals surface area contributed by atoms with Crippen LogP contribution in [0.4, 0.5) is 10.5 Å². The van der Waals surface area contributed by atoms with E-state index < -0.39 is 17.3 Å². The van der Waals surface area contributed by atoms with Gasteiger partial charge in [0.1, 0.15) is 11.2 Å². The fraction of sp³-hybridized carbons (Fsp3) is 0.312. The first kappa shape index (κ1) is 17.7. The topological polar surface area (TPSA) is 92.6 Å². The van der Waals surface area contributed by atoms with E-state index in [9.17, 15) is 9.59 Å². The number of hydrogen-bond donors (Lipinski definition) is 3. The van der Waals surface area contributed by atoms with Crippen LogP contribution in [-0.4, -0.2) is 16.8 Å². The summed E-state index contributed by atoms with van der Waals surface area (Å²) in [6, 6.07) is 6.70. The number of anilines is 1. The smallest absolute Gasteiger partial charge is 0.426 e. The fourth-order valence-electron chi connectivity index (χ4n) is 1.98. The number of carbonyl (C=O) groups is 1. The average Bonchev–Trinajstić information content (AvgIpc) is 2.42. The van der Waals surface area contributed by atoms with Crippen LogP contribution < -0.4 is 21.8 Å². The largest absolute Gasteiger partial charge is 0.443 e. The third-order valence-corrected chi connectivity index (χ3v) is 3.09. The lowest BCUT2D eigenvalue weighted by Gasteiger charge is -2.20. The molecule has 24 heavy (non-hydrogen) atoms. The van der Waals surface area contributed by atoms with Gasteiger partial charge in [-0.05, 0) is 57.6 Å². The molecule has 8 heteroatoms. The second kappa shape index (κ2) is 6.88. The second-order valence-corrected chi connectivity index (χ2v) is 6.57. The fourth-order valence-corrected chi connectivity index (χ4v) is 2.15. The summed E-state index contributed by atoms with van der Waals surface area (Å²) in [5, 5.41) is 3.88. The summed E-state index contributed by atoms with van der Waals surface area (Å²) >= 11 is 5.09. The van der Waals surface area contributed by atoms with Gasteiger partial charge >= 0.3 is 11.7 Å². The number of rotatable bonds is 1. The molecule has 1 heterocycles. The summed E-state index contributed by atoms with van der Waals surface area (Å²) in [7, 11) is 0. The Balaban J connectivity index is 2.00. The van der Waals surface area contributed by atoms with Gasteiger partial charge in [0.05, 0.1) is 0 Å². The Morgan fingerprint density at radius 3 is 2.58 bits per heavy atom. The molecule has 0 unspecified atom stereocenters. The Morgan fingerprint density at radius 1 is 1.21 bits per heavy atom. The van der Waals surface area contributed by atoms with Crippen LogP contribution in [-0.2, 0) is 4.74 Å². The number of hydrogen-bond acceptors (Lipinski definition) is 5. The molecule has 0 spiro atoms. The molecule has 3 N–H and O–H groups in total. The van der Waals surface area contributed by atoms with Gasteiger partial charge < -0.3 is 14.5 Å². The molecule has 0 saturated heterocycles. The van der Waals surface area contributed by atoms with E-state index in [1.54, 1.807) is 32.9 Å². The highest BCUT2D eigenvalue weighted by Crippen LogP contribution is 2.20. The minimum Gasteiger partial charge on any atom is -0.443 e. The van der Waals surface area contributed by atoms with E-state index in [0.717, 1.165) is 10.9 Å². The lowest BCUT2D eigenvalue weighted by molar-refractivity contribution is 0.0513. The highest BCUT2D eigenvalue weighted by atomic mass is 32.1. The van der Waals surface area contributed by atoms with Crippen molar-refractivity contribution < 1.29 is 13.9 Å². The summed E-state index contributed by atoms with van der Waals surface area (Å²) in [5.41, 5.74) is 5.73. The Hall–Kier alpha value is -2.61. The van der Waals surface area contributed by atoms with Crippen LogP contribution in [0.25, 0.3) is 11.0 Å². The van der Waals surface area contributed by atoms with Crippen LogP contribution in [0.15, 0.2) is 33.5 Å². The third-order valence-electron chi connectivity index (χ3n) is 2.89. The quantitative estimate of drug-likeness (QED) is 0.414. The molecule has 0 fully saturated rings. The molecule has 0 atom stereocenters. The molecular weight excluding hydrogens is 330 g/mol. The zero-order valence-corrected chi connectivity index (χ0v) is 14.7. The number of thiocarbonyl (C=S) groups is 1. The van der Waals surface area contributed by atoms with E-state index in [-0.39, 0.29) is 5.11 Å². The maximum Gasteiger partial charge on any atom is 0.426 e. The predicted octanol–water partition coefficient (Wildman–Crippen LogP) is 2.83. The molecule has 0 aliphatic rings. The molecule has 1 aromatic carbocycles. The normalized spacial score (nSPS) is 11.0. The zero-order valence-electron chi connectivity index (χ0n) is 13.9. The first-order valence-electron chi connectivity index (χ1n) is 7.24. The van der Waals surface area contributed by atoms with Crippen LogP contribution in [0, 0.1) is 6.92 Å². The van der Waals surface area contributed by atoms with Gasteiger partial charge in [0.25, 0.3) is 0 Å². The van der Waals surface area contributed by atoms with Crippen molar-refractivity contribution in [2.75, 3.05) is 5.32 Å². The lowest BCUT2D eigenvalue weighted by atomic mass is 10.1. The number of benzene rings is 1. The first-order chi connectivity index (χ1) is 11.1. The predicted molar refractivity (Wildman–Crippen MR) is 95.9 cm³/mol. The molecule has 0 saturated carbocycles. The van der Waals surface area contributed by atoms with Crippen LogP contribution in [0.3, 0.4) is 0 Å². The number of fused-ring (bicyclic) bond motifs is 1. The van der Waals surface area contributed by atoms with Crippen molar-refractivity contribution in [1.29, 1.82) is 0 Å².